The number of phenols is 1. The fourth-order valence-electron chi connectivity index (χ4n) is 6.56. The van der Waals surface area contributed by atoms with Gasteiger partial charge in [-0.1, -0.05) is 30.3 Å². The zero-order valence-electron chi connectivity index (χ0n) is 22.4. The summed E-state index contributed by atoms with van der Waals surface area (Å²) in [5.74, 6) is 0.366. The van der Waals surface area contributed by atoms with Crippen molar-refractivity contribution in [1.29, 1.82) is 0 Å². The van der Waals surface area contributed by atoms with Gasteiger partial charge in [0.25, 0.3) is 5.91 Å². The number of nitrogens with zero attached hydrogens (tertiary/aromatic N) is 3. The summed E-state index contributed by atoms with van der Waals surface area (Å²) in [6, 6.07) is 17.8. The number of fused-ring (bicyclic) bond motifs is 1. The zero-order chi connectivity index (χ0) is 25.8. The molecular formula is C31H43N3O2. The van der Waals surface area contributed by atoms with Crippen LogP contribution >= 0.6 is 0 Å². The average Bonchev–Trinajstić information content (AvgIpc) is 2.88. The molecule has 2 aliphatic rings. The summed E-state index contributed by atoms with van der Waals surface area (Å²) < 4.78 is 0. The highest BCUT2D eigenvalue weighted by Gasteiger charge is 2.45. The van der Waals surface area contributed by atoms with Crippen LogP contribution in [0.2, 0.25) is 0 Å². The molecule has 1 N–H and O–H groups in total. The Morgan fingerprint density at radius 1 is 1.00 bits per heavy atom. The van der Waals surface area contributed by atoms with E-state index in [1.54, 1.807) is 6.07 Å². The van der Waals surface area contributed by atoms with Crippen LogP contribution in [-0.2, 0) is 0 Å². The third-order valence-corrected chi connectivity index (χ3v) is 8.44. The van der Waals surface area contributed by atoms with Gasteiger partial charge in [-0.2, -0.15) is 0 Å². The Morgan fingerprint density at radius 2 is 1.67 bits per heavy atom. The normalized spacial score (nSPS) is 25.7. The average molecular weight is 490 g/mol. The third kappa shape index (κ3) is 5.23. The monoisotopic (exact) mass is 489 g/mol. The highest BCUT2D eigenvalue weighted by molar-refractivity contribution is 5.94. The van der Waals surface area contributed by atoms with Gasteiger partial charge in [0.2, 0.25) is 0 Å². The second-order valence-electron chi connectivity index (χ2n) is 10.5. The van der Waals surface area contributed by atoms with Crippen molar-refractivity contribution in [3.8, 4) is 5.75 Å². The van der Waals surface area contributed by atoms with Crippen molar-refractivity contribution >= 4 is 5.91 Å². The molecule has 0 spiro atoms. The van der Waals surface area contributed by atoms with Crippen LogP contribution in [0.15, 0.2) is 61.2 Å². The van der Waals surface area contributed by atoms with Crippen LogP contribution < -0.4 is 0 Å². The van der Waals surface area contributed by atoms with Crippen LogP contribution in [0.25, 0.3) is 0 Å². The Hall–Kier alpha value is -2.63. The van der Waals surface area contributed by atoms with Crippen LogP contribution in [0.3, 0.4) is 0 Å². The fraction of sp³-hybridized carbons (Fsp3) is 0.516. The molecule has 0 saturated carbocycles. The molecule has 5 heteroatoms. The van der Waals surface area contributed by atoms with Crippen LogP contribution in [0.4, 0.5) is 0 Å². The molecule has 2 saturated heterocycles. The van der Waals surface area contributed by atoms with E-state index in [1.807, 2.05) is 49.1 Å². The summed E-state index contributed by atoms with van der Waals surface area (Å²) in [7, 11) is 0. The second kappa shape index (κ2) is 11.6. The zero-order valence-corrected chi connectivity index (χ0v) is 22.4. The fourth-order valence-corrected chi connectivity index (χ4v) is 6.56. The number of amides is 1. The van der Waals surface area contributed by atoms with Gasteiger partial charge in [0.15, 0.2) is 0 Å². The molecule has 1 amide bonds. The van der Waals surface area contributed by atoms with E-state index in [9.17, 15) is 9.90 Å². The molecule has 5 nitrogen and oxygen atoms in total. The Balaban J connectivity index is 1.74. The molecule has 2 fully saturated rings. The van der Waals surface area contributed by atoms with Gasteiger partial charge in [0.05, 0.1) is 6.04 Å². The second-order valence-corrected chi connectivity index (χ2v) is 10.5. The molecule has 194 valence electrons. The molecular weight excluding hydrogens is 446 g/mol. The van der Waals surface area contributed by atoms with Crippen LogP contribution in [0, 0.1) is 0 Å². The summed E-state index contributed by atoms with van der Waals surface area (Å²) in [6.45, 7) is 15.1. The van der Waals surface area contributed by atoms with Gasteiger partial charge in [0.1, 0.15) is 5.75 Å². The first-order valence-electron chi connectivity index (χ1n) is 13.7. The molecule has 2 heterocycles. The highest BCUT2D eigenvalue weighted by atomic mass is 16.3. The number of likely N-dealkylation sites (tertiary alicyclic amines) is 2. The summed E-state index contributed by atoms with van der Waals surface area (Å²) in [5.41, 5.74) is 2.99. The summed E-state index contributed by atoms with van der Waals surface area (Å²) >= 11 is 0. The van der Waals surface area contributed by atoms with Crippen molar-refractivity contribution in [2.24, 2.45) is 0 Å². The molecule has 4 rings (SSSR count). The van der Waals surface area contributed by atoms with E-state index >= 15 is 0 Å². The first-order chi connectivity index (χ1) is 17.4. The maximum Gasteiger partial charge on any atom is 0.253 e. The summed E-state index contributed by atoms with van der Waals surface area (Å²) in [6.07, 6.45) is 6.71. The standard InChI is InChI=1S/C31H43N3O2/c1-6-20-33-22(4)12-19-29-28(33)18-13-23(5)34(29)30(26-10-9-11-27(35)21-26)24-14-16-25(17-15-24)31(36)32(7-2)8-3/h6,9-11,14-17,21-23,28-30,35H,1,7-8,12-13,18-20H2,2-5H3. The molecule has 0 bridgehead atoms. The topological polar surface area (TPSA) is 47.0 Å². The quantitative estimate of drug-likeness (QED) is 0.472. The largest absolute Gasteiger partial charge is 0.508 e. The van der Waals surface area contributed by atoms with Crippen LogP contribution in [0.5, 0.6) is 5.75 Å². The van der Waals surface area contributed by atoms with Crippen molar-refractivity contribution < 1.29 is 9.90 Å². The van der Waals surface area contributed by atoms with E-state index in [0.29, 0.717) is 37.3 Å². The van der Waals surface area contributed by atoms with E-state index in [1.165, 1.54) is 12.8 Å². The van der Waals surface area contributed by atoms with Gasteiger partial charge >= 0.3 is 0 Å². The number of piperidine rings is 2. The number of phenolic OH excluding ortho intramolecular Hbond substituents is 1. The number of benzene rings is 2. The Kier molecular flexibility index (Phi) is 8.53. The predicted octanol–water partition coefficient (Wildman–Crippen LogP) is 5.86. The number of hydrogen-bond acceptors (Lipinski definition) is 4. The number of carbonyl (C=O) groups excluding carboxylic acids is 1. The first kappa shape index (κ1) is 26.4. The van der Waals surface area contributed by atoms with Gasteiger partial charge in [-0.15, -0.1) is 6.58 Å². The molecule has 2 aliphatic heterocycles. The van der Waals surface area contributed by atoms with Gasteiger partial charge in [0, 0.05) is 49.4 Å². The molecule has 36 heavy (non-hydrogen) atoms. The molecule has 5 unspecified atom stereocenters. The van der Waals surface area contributed by atoms with Crippen molar-refractivity contribution in [1.82, 2.24) is 14.7 Å². The third-order valence-electron chi connectivity index (χ3n) is 8.44. The molecule has 2 aromatic rings. The van der Waals surface area contributed by atoms with Gasteiger partial charge in [-0.3, -0.25) is 14.6 Å². The lowest BCUT2D eigenvalue weighted by Gasteiger charge is -2.56. The maximum atomic E-state index is 12.9. The van der Waals surface area contributed by atoms with E-state index < -0.39 is 0 Å². The minimum absolute atomic E-state index is 0.0106. The molecule has 0 radical (unpaired) electrons. The minimum Gasteiger partial charge on any atom is -0.508 e. The van der Waals surface area contributed by atoms with Crippen LogP contribution in [0.1, 0.15) is 80.9 Å². The van der Waals surface area contributed by atoms with Crippen molar-refractivity contribution in [3.63, 3.8) is 0 Å². The SMILES string of the molecule is C=CCN1C(C)CCC2C1CCC(C)N2C(c1ccc(C(=O)N(CC)CC)cc1)c1cccc(O)c1. The summed E-state index contributed by atoms with van der Waals surface area (Å²) in [4.78, 5) is 20.1. The Morgan fingerprint density at radius 3 is 2.31 bits per heavy atom. The highest BCUT2D eigenvalue weighted by Crippen LogP contribution is 2.43. The van der Waals surface area contributed by atoms with E-state index in [0.717, 1.165) is 36.1 Å². The molecule has 5 atom stereocenters. The van der Waals surface area contributed by atoms with Crippen molar-refractivity contribution in [3.05, 3.63) is 77.9 Å². The number of carbonyl (C=O) groups is 1. The number of aromatic hydroxyl groups is 1. The Bertz CT molecular complexity index is 1030. The van der Waals surface area contributed by atoms with Gasteiger partial charge < -0.3 is 10.0 Å². The molecule has 2 aromatic carbocycles. The molecule has 0 aromatic heterocycles. The maximum absolute atomic E-state index is 12.9. The van der Waals surface area contributed by atoms with E-state index in [4.69, 9.17) is 0 Å². The Labute approximate surface area is 217 Å². The smallest absolute Gasteiger partial charge is 0.253 e. The van der Waals surface area contributed by atoms with Crippen LogP contribution in [-0.4, -0.2) is 69.5 Å². The number of rotatable bonds is 8. The lowest BCUT2D eigenvalue weighted by Crippen LogP contribution is -2.63. The van der Waals surface area contributed by atoms with E-state index in [-0.39, 0.29) is 17.7 Å². The van der Waals surface area contributed by atoms with Crippen molar-refractivity contribution in [2.45, 2.75) is 83.6 Å². The molecule has 0 aliphatic carbocycles. The lowest BCUT2D eigenvalue weighted by atomic mass is 9.79. The van der Waals surface area contributed by atoms with Gasteiger partial charge in [-0.25, -0.2) is 0 Å². The van der Waals surface area contributed by atoms with Gasteiger partial charge in [-0.05, 0) is 88.8 Å². The predicted molar refractivity (Wildman–Crippen MR) is 147 cm³/mol. The minimum atomic E-state index is 0.0106. The number of hydrogen-bond donors (Lipinski definition) is 1. The van der Waals surface area contributed by atoms with Crippen molar-refractivity contribution in [2.75, 3.05) is 19.6 Å². The summed E-state index contributed by atoms with van der Waals surface area (Å²) in [5, 5.41) is 10.4. The van der Waals surface area contributed by atoms with E-state index in [2.05, 4.69) is 48.4 Å². The lowest BCUT2D eigenvalue weighted by molar-refractivity contribution is -0.0499. The first-order valence-corrected chi connectivity index (χ1v) is 13.7.